The molecule has 0 atom stereocenters. The zero-order valence-electron chi connectivity index (χ0n) is 13.4. The highest BCUT2D eigenvalue weighted by molar-refractivity contribution is 6.33. The van der Waals surface area contributed by atoms with Crippen LogP contribution in [0.2, 0.25) is 5.02 Å². The number of ether oxygens (including phenoxy) is 2. The number of carbonyl (C=O) groups excluding carboxylic acids is 2. The van der Waals surface area contributed by atoms with Gasteiger partial charge in [-0.15, -0.1) is 0 Å². The molecule has 0 saturated heterocycles. The highest BCUT2D eigenvalue weighted by atomic mass is 35.5. The van der Waals surface area contributed by atoms with Crippen molar-refractivity contribution in [3.05, 3.63) is 64.5 Å². The number of benzene rings is 1. The number of aromatic carboxylic acids is 1. The fourth-order valence-electron chi connectivity index (χ4n) is 2.19. The Morgan fingerprint density at radius 1 is 1.08 bits per heavy atom. The minimum Gasteiger partial charge on any atom is -0.478 e. The molecule has 0 radical (unpaired) electrons. The molecule has 0 aromatic heterocycles. The number of carboxylic acid groups (broad SMARTS) is 1. The van der Waals surface area contributed by atoms with Gasteiger partial charge in [-0.3, -0.25) is 0 Å². The molecule has 1 heterocycles. The highest BCUT2D eigenvalue weighted by Crippen LogP contribution is 2.30. The number of nitrogens with zero attached hydrogens (tertiary/aromatic N) is 1. The van der Waals surface area contributed by atoms with E-state index in [1.165, 1.54) is 49.6 Å². The minimum absolute atomic E-state index is 0.0144. The zero-order chi connectivity index (χ0) is 18.6. The second kappa shape index (κ2) is 7.67. The summed E-state index contributed by atoms with van der Waals surface area (Å²) in [6, 6.07) is 4.14. The standard InChI is InChI=1S/C17H14ClNO6/c1-24-16(22)12-5-3-4-8-19(14(12)17(23)25-2)10-6-7-11(15(20)21)13(18)9-10/h3-9H,1-2H3,(H,20,21). The normalized spacial score (nSPS) is 13.5. The number of hydrogen-bond donors (Lipinski definition) is 1. The Kier molecular flexibility index (Phi) is 5.61. The minimum atomic E-state index is -1.18. The van der Waals surface area contributed by atoms with Gasteiger partial charge in [0.1, 0.15) is 5.70 Å². The van der Waals surface area contributed by atoms with Gasteiger partial charge in [-0.1, -0.05) is 17.7 Å². The lowest BCUT2D eigenvalue weighted by molar-refractivity contribution is -0.139. The molecule has 0 spiro atoms. The van der Waals surface area contributed by atoms with E-state index in [1.54, 1.807) is 12.2 Å². The zero-order valence-corrected chi connectivity index (χ0v) is 14.1. The summed E-state index contributed by atoms with van der Waals surface area (Å²) in [7, 11) is 2.38. The number of halogens is 1. The van der Waals surface area contributed by atoms with Crippen molar-refractivity contribution in [3.8, 4) is 0 Å². The molecule has 0 saturated carbocycles. The molecular formula is C17H14ClNO6. The van der Waals surface area contributed by atoms with E-state index < -0.39 is 17.9 Å². The molecule has 25 heavy (non-hydrogen) atoms. The third kappa shape index (κ3) is 3.72. The Balaban J connectivity index is 2.64. The maximum atomic E-state index is 12.3. The Morgan fingerprint density at radius 2 is 1.76 bits per heavy atom. The van der Waals surface area contributed by atoms with Gasteiger partial charge in [0, 0.05) is 11.9 Å². The molecule has 7 nitrogen and oxygen atoms in total. The van der Waals surface area contributed by atoms with Crippen LogP contribution < -0.4 is 4.90 Å². The monoisotopic (exact) mass is 363 g/mol. The predicted molar refractivity (Wildman–Crippen MR) is 90.2 cm³/mol. The van der Waals surface area contributed by atoms with Crippen LogP contribution in [0.15, 0.2) is 53.9 Å². The number of rotatable bonds is 4. The van der Waals surface area contributed by atoms with Gasteiger partial charge in [-0.25, -0.2) is 14.4 Å². The van der Waals surface area contributed by atoms with Crippen LogP contribution in [0.1, 0.15) is 10.4 Å². The van der Waals surface area contributed by atoms with E-state index in [1.807, 2.05) is 0 Å². The number of esters is 2. The topological polar surface area (TPSA) is 93.1 Å². The molecule has 8 heteroatoms. The van der Waals surface area contributed by atoms with E-state index in [4.69, 9.17) is 26.2 Å². The Labute approximate surface area is 148 Å². The molecule has 1 aliphatic heterocycles. The lowest BCUT2D eigenvalue weighted by Gasteiger charge is -2.23. The van der Waals surface area contributed by atoms with Crippen molar-refractivity contribution in [1.29, 1.82) is 0 Å². The molecule has 0 bridgehead atoms. The van der Waals surface area contributed by atoms with Gasteiger partial charge in [0.2, 0.25) is 0 Å². The molecule has 2 rings (SSSR count). The molecule has 0 amide bonds. The molecule has 130 valence electrons. The molecular weight excluding hydrogens is 350 g/mol. The maximum Gasteiger partial charge on any atom is 0.355 e. The third-order valence-electron chi connectivity index (χ3n) is 3.35. The first-order chi connectivity index (χ1) is 11.9. The SMILES string of the molecule is COC(=O)C1=C(C(=O)OC)N(c2ccc(C(=O)O)c(Cl)c2)C=CC=C1. The van der Waals surface area contributed by atoms with Gasteiger partial charge < -0.3 is 19.5 Å². The van der Waals surface area contributed by atoms with Crippen LogP contribution in [-0.2, 0) is 19.1 Å². The summed E-state index contributed by atoms with van der Waals surface area (Å²) in [5, 5.41) is 9.06. The predicted octanol–water partition coefficient (Wildman–Crippen LogP) is 2.53. The first-order valence-electron chi connectivity index (χ1n) is 6.98. The lowest BCUT2D eigenvalue weighted by atomic mass is 10.1. The summed E-state index contributed by atoms with van der Waals surface area (Å²) >= 11 is 6.00. The van der Waals surface area contributed by atoms with Crippen molar-refractivity contribution in [2.45, 2.75) is 0 Å². The Morgan fingerprint density at radius 3 is 2.32 bits per heavy atom. The van der Waals surface area contributed by atoms with Crippen molar-refractivity contribution in [3.63, 3.8) is 0 Å². The Bertz CT molecular complexity index is 824. The lowest BCUT2D eigenvalue weighted by Crippen LogP contribution is -2.27. The van der Waals surface area contributed by atoms with Crippen molar-refractivity contribution in [2.75, 3.05) is 19.1 Å². The van der Waals surface area contributed by atoms with Crippen molar-refractivity contribution >= 4 is 35.2 Å². The van der Waals surface area contributed by atoms with Crippen LogP contribution >= 0.6 is 11.6 Å². The first-order valence-corrected chi connectivity index (χ1v) is 7.36. The van der Waals surface area contributed by atoms with E-state index >= 15 is 0 Å². The van der Waals surface area contributed by atoms with E-state index in [0.717, 1.165) is 0 Å². The maximum absolute atomic E-state index is 12.3. The average Bonchev–Trinajstić information content (AvgIpc) is 2.82. The summed E-state index contributed by atoms with van der Waals surface area (Å²) in [6.07, 6.45) is 6.09. The summed E-state index contributed by atoms with van der Waals surface area (Å²) in [5.74, 6) is -2.67. The molecule has 0 fully saturated rings. The van der Waals surface area contributed by atoms with Gasteiger partial charge >= 0.3 is 17.9 Å². The average molecular weight is 364 g/mol. The van der Waals surface area contributed by atoms with E-state index in [-0.39, 0.29) is 21.9 Å². The number of allylic oxidation sites excluding steroid dienone is 2. The van der Waals surface area contributed by atoms with Crippen LogP contribution in [-0.4, -0.2) is 37.2 Å². The second-order valence-corrected chi connectivity index (χ2v) is 5.19. The van der Waals surface area contributed by atoms with Crippen molar-refractivity contribution < 1.29 is 29.0 Å². The smallest absolute Gasteiger partial charge is 0.355 e. The van der Waals surface area contributed by atoms with Crippen molar-refractivity contribution in [1.82, 2.24) is 0 Å². The molecule has 1 aromatic rings. The number of anilines is 1. The number of carbonyl (C=O) groups is 3. The summed E-state index contributed by atoms with van der Waals surface area (Å²) in [5.41, 5.74) is 0.187. The number of hydrogen-bond acceptors (Lipinski definition) is 6. The van der Waals surface area contributed by atoms with Crippen LogP contribution in [0.25, 0.3) is 0 Å². The summed E-state index contributed by atoms with van der Waals surface area (Å²) in [4.78, 5) is 36.8. The van der Waals surface area contributed by atoms with E-state index in [9.17, 15) is 14.4 Å². The largest absolute Gasteiger partial charge is 0.478 e. The van der Waals surface area contributed by atoms with Crippen LogP contribution in [0.4, 0.5) is 5.69 Å². The van der Waals surface area contributed by atoms with E-state index in [2.05, 4.69) is 0 Å². The van der Waals surface area contributed by atoms with Crippen LogP contribution in [0.5, 0.6) is 0 Å². The fraction of sp³-hybridized carbons (Fsp3) is 0.118. The van der Waals surface area contributed by atoms with Gasteiger partial charge in [0.15, 0.2) is 0 Å². The fourth-order valence-corrected chi connectivity index (χ4v) is 2.45. The summed E-state index contributed by atoms with van der Waals surface area (Å²) in [6.45, 7) is 0. The number of carboxylic acids is 1. The molecule has 1 aliphatic rings. The van der Waals surface area contributed by atoms with E-state index in [0.29, 0.717) is 5.69 Å². The van der Waals surface area contributed by atoms with Gasteiger partial charge in [-0.2, -0.15) is 0 Å². The first kappa shape index (κ1) is 18.3. The Hall–Kier alpha value is -3.06. The van der Waals surface area contributed by atoms with Gasteiger partial charge in [-0.05, 0) is 30.4 Å². The quantitative estimate of drug-likeness (QED) is 0.821. The van der Waals surface area contributed by atoms with Gasteiger partial charge in [0.25, 0.3) is 0 Å². The second-order valence-electron chi connectivity index (χ2n) is 4.79. The third-order valence-corrected chi connectivity index (χ3v) is 3.66. The van der Waals surface area contributed by atoms with Crippen LogP contribution in [0.3, 0.4) is 0 Å². The molecule has 1 aromatic carbocycles. The molecule has 0 unspecified atom stereocenters. The van der Waals surface area contributed by atoms with Crippen LogP contribution in [0, 0.1) is 0 Å². The van der Waals surface area contributed by atoms with Gasteiger partial charge in [0.05, 0.1) is 30.4 Å². The number of methoxy groups -OCH3 is 2. The molecule has 0 aliphatic carbocycles. The highest BCUT2D eigenvalue weighted by Gasteiger charge is 2.27. The molecule has 1 N–H and O–H groups in total. The summed E-state index contributed by atoms with van der Waals surface area (Å²) < 4.78 is 9.49. The van der Waals surface area contributed by atoms with Crippen molar-refractivity contribution in [2.24, 2.45) is 0 Å².